The summed E-state index contributed by atoms with van der Waals surface area (Å²) < 4.78 is 0. The van der Waals surface area contributed by atoms with Crippen molar-refractivity contribution in [1.29, 1.82) is 0 Å². The Morgan fingerprint density at radius 2 is 2.11 bits per heavy atom. The highest BCUT2D eigenvalue weighted by Crippen LogP contribution is 2.16. The maximum atomic E-state index is 10.8. The fourth-order valence-electron chi connectivity index (χ4n) is 1.73. The van der Waals surface area contributed by atoms with Gasteiger partial charge in [0, 0.05) is 30.3 Å². The number of nitrogens with one attached hydrogen (secondary N) is 2. The van der Waals surface area contributed by atoms with Crippen LogP contribution in [0.25, 0.3) is 0 Å². The second-order valence-electron chi connectivity index (χ2n) is 4.23. The Labute approximate surface area is 111 Å². The molecule has 0 atom stereocenters. The molecule has 2 rings (SSSR count). The molecular weight excluding hydrogens is 240 g/mol. The third-order valence-electron chi connectivity index (χ3n) is 2.76. The molecule has 1 aromatic heterocycles. The molecule has 2 aromatic rings. The van der Waals surface area contributed by atoms with E-state index in [0.717, 1.165) is 11.3 Å². The molecule has 0 fully saturated rings. The van der Waals surface area contributed by atoms with Crippen molar-refractivity contribution in [3.05, 3.63) is 53.9 Å². The van der Waals surface area contributed by atoms with Crippen molar-refractivity contribution in [2.75, 3.05) is 10.6 Å². The summed E-state index contributed by atoms with van der Waals surface area (Å²) >= 11 is 0. The lowest BCUT2D eigenvalue weighted by atomic mass is 10.1. The molecule has 0 saturated heterocycles. The van der Waals surface area contributed by atoms with Crippen LogP contribution in [0.5, 0.6) is 0 Å². The number of carbonyl (C=O) groups excluding carboxylic acids is 1. The maximum Gasteiger partial charge on any atom is 0.316 e. The number of aryl methyl sites for hydroxylation is 1. The number of rotatable bonds is 4. The molecule has 0 spiro atoms. The number of benzene rings is 1. The van der Waals surface area contributed by atoms with Crippen LogP contribution in [0.4, 0.5) is 16.2 Å². The summed E-state index contributed by atoms with van der Waals surface area (Å²) in [5.74, 6) is 0. The van der Waals surface area contributed by atoms with E-state index in [1.54, 1.807) is 12.3 Å². The number of carbonyl (C=O) groups is 1. The normalized spacial score (nSPS) is 9.95. The van der Waals surface area contributed by atoms with E-state index in [0.29, 0.717) is 12.2 Å². The van der Waals surface area contributed by atoms with Crippen molar-refractivity contribution in [1.82, 2.24) is 4.98 Å². The molecule has 0 aliphatic rings. The number of hydrogen-bond donors (Lipinski definition) is 3. The smallest absolute Gasteiger partial charge is 0.316 e. The Balaban J connectivity index is 2.03. The van der Waals surface area contributed by atoms with Crippen LogP contribution >= 0.6 is 0 Å². The first kappa shape index (κ1) is 12.9. The van der Waals surface area contributed by atoms with Gasteiger partial charge in [0.15, 0.2) is 0 Å². The van der Waals surface area contributed by atoms with Crippen LogP contribution in [-0.2, 0) is 6.54 Å². The van der Waals surface area contributed by atoms with E-state index in [9.17, 15) is 4.79 Å². The van der Waals surface area contributed by atoms with E-state index in [1.165, 1.54) is 5.56 Å². The molecular formula is C14H16N4O. The Morgan fingerprint density at radius 1 is 1.32 bits per heavy atom. The van der Waals surface area contributed by atoms with Crippen molar-refractivity contribution in [3.63, 3.8) is 0 Å². The summed E-state index contributed by atoms with van der Waals surface area (Å²) in [6.45, 7) is 2.73. The van der Waals surface area contributed by atoms with Gasteiger partial charge >= 0.3 is 6.03 Å². The van der Waals surface area contributed by atoms with Crippen molar-refractivity contribution >= 4 is 17.4 Å². The van der Waals surface area contributed by atoms with E-state index >= 15 is 0 Å². The summed E-state index contributed by atoms with van der Waals surface area (Å²) in [7, 11) is 0. The summed E-state index contributed by atoms with van der Waals surface area (Å²) in [6, 6.07) is 8.80. The number of anilines is 2. The zero-order valence-corrected chi connectivity index (χ0v) is 10.7. The molecule has 98 valence electrons. The number of aromatic nitrogens is 1. The average molecular weight is 256 g/mol. The minimum atomic E-state index is -0.569. The summed E-state index contributed by atoms with van der Waals surface area (Å²) in [5.41, 5.74) is 8.98. The molecule has 5 nitrogen and oxygen atoms in total. The van der Waals surface area contributed by atoms with Gasteiger partial charge in [-0.15, -0.1) is 0 Å². The summed E-state index contributed by atoms with van der Waals surface area (Å²) in [5, 5.41) is 5.82. The van der Waals surface area contributed by atoms with Crippen molar-refractivity contribution < 1.29 is 4.79 Å². The first-order chi connectivity index (χ1) is 9.15. The SMILES string of the molecule is Cc1ccncc1CNc1cccc(NC(N)=O)c1. The molecule has 1 heterocycles. The highest BCUT2D eigenvalue weighted by Gasteiger charge is 2.00. The standard InChI is InChI=1S/C14H16N4O/c1-10-5-6-16-8-11(10)9-17-12-3-2-4-13(7-12)18-14(15)19/h2-8,17H,9H2,1H3,(H3,15,18,19). The number of primary amides is 1. The largest absolute Gasteiger partial charge is 0.381 e. The Kier molecular flexibility index (Phi) is 3.97. The first-order valence-electron chi connectivity index (χ1n) is 5.95. The van der Waals surface area contributed by atoms with Crippen molar-refractivity contribution in [3.8, 4) is 0 Å². The van der Waals surface area contributed by atoms with Crippen LogP contribution in [-0.4, -0.2) is 11.0 Å². The number of pyridine rings is 1. The zero-order chi connectivity index (χ0) is 13.7. The van der Waals surface area contributed by atoms with E-state index in [-0.39, 0.29) is 0 Å². The topological polar surface area (TPSA) is 80.0 Å². The van der Waals surface area contributed by atoms with Gasteiger partial charge in [-0.2, -0.15) is 0 Å². The van der Waals surface area contributed by atoms with E-state index in [2.05, 4.69) is 15.6 Å². The van der Waals surface area contributed by atoms with Crippen molar-refractivity contribution in [2.24, 2.45) is 5.73 Å². The van der Waals surface area contributed by atoms with Gasteiger partial charge in [-0.25, -0.2) is 4.79 Å². The van der Waals surface area contributed by atoms with Gasteiger partial charge in [-0.05, 0) is 42.3 Å². The van der Waals surface area contributed by atoms with E-state index in [4.69, 9.17) is 5.73 Å². The monoisotopic (exact) mass is 256 g/mol. The predicted octanol–water partition coefficient (Wildman–Crippen LogP) is 2.49. The summed E-state index contributed by atoms with van der Waals surface area (Å²) in [6.07, 6.45) is 3.62. The van der Waals surface area contributed by atoms with E-state index < -0.39 is 6.03 Å². The fraction of sp³-hybridized carbons (Fsp3) is 0.143. The van der Waals surface area contributed by atoms with Crippen molar-refractivity contribution in [2.45, 2.75) is 13.5 Å². The van der Waals surface area contributed by atoms with Gasteiger partial charge in [0.1, 0.15) is 0 Å². The van der Waals surface area contributed by atoms with E-state index in [1.807, 2.05) is 37.4 Å². The van der Waals surface area contributed by atoms with Crippen LogP contribution in [0.1, 0.15) is 11.1 Å². The van der Waals surface area contributed by atoms with Crippen LogP contribution in [0.3, 0.4) is 0 Å². The molecule has 4 N–H and O–H groups in total. The number of amides is 2. The number of nitrogens with zero attached hydrogens (tertiary/aromatic N) is 1. The van der Waals surface area contributed by atoms with Crippen LogP contribution < -0.4 is 16.4 Å². The molecule has 2 amide bonds. The number of nitrogens with two attached hydrogens (primary N) is 1. The zero-order valence-electron chi connectivity index (χ0n) is 10.7. The second kappa shape index (κ2) is 5.86. The predicted molar refractivity (Wildman–Crippen MR) is 75.9 cm³/mol. The molecule has 0 bridgehead atoms. The minimum absolute atomic E-state index is 0.569. The molecule has 1 aromatic carbocycles. The quantitative estimate of drug-likeness (QED) is 0.786. The highest BCUT2D eigenvalue weighted by atomic mass is 16.2. The van der Waals surface area contributed by atoms with Gasteiger partial charge in [-0.1, -0.05) is 6.07 Å². The number of hydrogen-bond acceptors (Lipinski definition) is 3. The second-order valence-corrected chi connectivity index (χ2v) is 4.23. The third kappa shape index (κ3) is 3.70. The first-order valence-corrected chi connectivity index (χ1v) is 5.95. The fourth-order valence-corrected chi connectivity index (χ4v) is 1.73. The van der Waals surface area contributed by atoms with Gasteiger partial charge in [0.05, 0.1) is 0 Å². The highest BCUT2D eigenvalue weighted by molar-refractivity contribution is 5.88. The summed E-state index contributed by atoms with van der Waals surface area (Å²) in [4.78, 5) is 14.9. The average Bonchev–Trinajstić information content (AvgIpc) is 2.37. The van der Waals surface area contributed by atoms with Crippen LogP contribution in [0.15, 0.2) is 42.7 Å². The minimum Gasteiger partial charge on any atom is -0.381 e. The van der Waals surface area contributed by atoms with Crippen LogP contribution in [0.2, 0.25) is 0 Å². The molecule has 0 aliphatic heterocycles. The third-order valence-corrected chi connectivity index (χ3v) is 2.76. The molecule has 19 heavy (non-hydrogen) atoms. The molecule has 0 unspecified atom stereocenters. The lowest BCUT2D eigenvalue weighted by Crippen LogP contribution is -2.19. The van der Waals surface area contributed by atoms with Gasteiger partial charge in [0.25, 0.3) is 0 Å². The lowest BCUT2D eigenvalue weighted by Gasteiger charge is -2.10. The Hall–Kier alpha value is -2.56. The Bertz CT molecular complexity index is 583. The molecule has 5 heteroatoms. The molecule has 0 saturated carbocycles. The van der Waals surface area contributed by atoms with Gasteiger partial charge in [0.2, 0.25) is 0 Å². The molecule has 0 radical (unpaired) electrons. The maximum absolute atomic E-state index is 10.8. The Morgan fingerprint density at radius 3 is 2.84 bits per heavy atom. The van der Waals surface area contributed by atoms with Gasteiger partial charge < -0.3 is 16.4 Å². The molecule has 0 aliphatic carbocycles. The van der Waals surface area contributed by atoms with Gasteiger partial charge in [-0.3, -0.25) is 4.98 Å². The number of urea groups is 1. The van der Waals surface area contributed by atoms with Crippen LogP contribution in [0, 0.1) is 6.92 Å². The lowest BCUT2D eigenvalue weighted by molar-refractivity contribution is 0.259.